The number of aromatic nitrogens is 1. The van der Waals surface area contributed by atoms with E-state index in [1.807, 2.05) is 0 Å². The minimum Gasteiger partial charge on any atom is -0.481 e. The molecular weight excluding hydrogens is 440 g/mol. The van der Waals surface area contributed by atoms with E-state index in [1.165, 1.54) is 16.4 Å². The fourth-order valence-corrected chi connectivity index (χ4v) is 5.31. The molecule has 158 valence electrons. The number of hydrogen-bond donors (Lipinski definition) is 2. The highest BCUT2D eigenvalue weighted by atomic mass is 32.2. The Balaban J connectivity index is 1.54. The number of nitrogens with one attached hydrogen (secondary N) is 1. The fraction of sp³-hybridized carbons (Fsp3) is 0.100. The third-order valence-electron chi connectivity index (χ3n) is 4.47. The van der Waals surface area contributed by atoms with Gasteiger partial charge in [0.1, 0.15) is 5.25 Å². The second kappa shape index (κ2) is 8.36. The molecule has 2 N–H and O–H groups in total. The van der Waals surface area contributed by atoms with Gasteiger partial charge in [0.25, 0.3) is 10.0 Å². The van der Waals surface area contributed by atoms with Crippen LogP contribution in [0.2, 0.25) is 0 Å². The van der Waals surface area contributed by atoms with Crippen molar-refractivity contribution in [3.63, 3.8) is 0 Å². The Labute approximate surface area is 181 Å². The van der Waals surface area contributed by atoms with Gasteiger partial charge in [-0.05, 0) is 35.9 Å². The monoisotopic (exact) mass is 456 g/mol. The number of amidine groups is 1. The molecule has 31 heavy (non-hydrogen) atoms. The lowest BCUT2D eigenvalue weighted by Crippen LogP contribution is -2.26. The molecular formula is C20H16N4O5S2. The van der Waals surface area contributed by atoms with E-state index in [-0.39, 0.29) is 16.5 Å². The number of carbonyl (C=O) groups excluding carboxylic acids is 1. The number of carboxylic acids is 1. The quantitative estimate of drug-likeness (QED) is 0.432. The summed E-state index contributed by atoms with van der Waals surface area (Å²) in [6, 6.07) is 15.0. The average Bonchev–Trinajstić information content (AvgIpc) is 3.32. The van der Waals surface area contributed by atoms with Gasteiger partial charge in [0, 0.05) is 11.6 Å². The standard InChI is InChI=1S/C20H16N4O5S2/c25-18(26)11-17-19(27)22-20(30-17)23-21-12-13-6-7-16-14(10-13)8-9-24(16)31(28,29)15-4-2-1-3-5-15/h1-10,12,17H,11H2,(H,25,26)(H,22,23,27). The number of fused-ring (bicyclic) bond motifs is 1. The van der Waals surface area contributed by atoms with Crippen LogP contribution in [0.4, 0.5) is 0 Å². The average molecular weight is 457 g/mol. The van der Waals surface area contributed by atoms with Crippen LogP contribution >= 0.6 is 11.8 Å². The Morgan fingerprint density at radius 2 is 1.97 bits per heavy atom. The predicted octanol–water partition coefficient (Wildman–Crippen LogP) is 2.27. The number of carboxylic acid groups (broad SMARTS) is 1. The highest BCUT2D eigenvalue weighted by molar-refractivity contribution is 8.15. The van der Waals surface area contributed by atoms with Crippen molar-refractivity contribution in [2.45, 2.75) is 16.6 Å². The van der Waals surface area contributed by atoms with Crippen LogP contribution in [-0.2, 0) is 19.6 Å². The second-order valence-electron chi connectivity index (χ2n) is 6.59. The number of carbonyl (C=O) groups is 2. The van der Waals surface area contributed by atoms with Crippen molar-refractivity contribution in [2.75, 3.05) is 0 Å². The lowest BCUT2D eigenvalue weighted by atomic mass is 10.2. The molecule has 9 nitrogen and oxygen atoms in total. The summed E-state index contributed by atoms with van der Waals surface area (Å²) < 4.78 is 27.0. The summed E-state index contributed by atoms with van der Waals surface area (Å²) in [7, 11) is -3.71. The Morgan fingerprint density at radius 3 is 2.71 bits per heavy atom. The fourth-order valence-electron chi connectivity index (χ4n) is 3.02. The van der Waals surface area contributed by atoms with Crippen molar-refractivity contribution >= 4 is 55.9 Å². The van der Waals surface area contributed by atoms with Crippen LogP contribution in [0.5, 0.6) is 0 Å². The number of hydrogen-bond acceptors (Lipinski definition) is 7. The highest BCUT2D eigenvalue weighted by Gasteiger charge is 2.32. The molecule has 1 atom stereocenters. The molecule has 0 saturated carbocycles. The molecule has 11 heteroatoms. The summed E-state index contributed by atoms with van der Waals surface area (Å²) in [6.45, 7) is 0. The molecule has 0 radical (unpaired) electrons. The molecule has 1 amide bonds. The molecule has 1 fully saturated rings. The smallest absolute Gasteiger partial charge is 0.305 e. The lowest BCUT2D eigenvalue weighted by molar-refractivity contribution is -0.138. The molecule has 1 saturated heterocycles. The molecule has 3 aromatic rings. The number of benzene rings is 2. The van der Waals surface area contributed by atoms with Crippen molar-refractivity contribution in [2.24, 2.45) is 10.2 Å². The van der Waals surface area contributed by atoms with E-state index in [9.17, 15) is 18.0 Å². The summed E-state index contributed by atoms with van der Waals surface area (Å²) in [4.78, 5) is 22.7. The topological polar surface area (TPSA) is 130 Å². The van der Waals surface area contributed by atoms with Crippen LogP contribution in [0.25, 0.3) is 10.9 Å². The first-order valence-electron chi connectivity index (χ1n) is 9.07. The Bertz CT molecular complexity index is 1330. The Kier molecular flexibility index (Phi) is 5.61. The zero-order chi connectivity index (χ0) is 22.0. The van der Waals surface area contributed by atoms with Gasteiger partial charge >= 0.3 is 5.97 Å². The number of nitrogens with zero attached hydrogens (tertiary/aromatic N) is 3. The van der Waals surface area contributed by atoms with Gasteiger partial charge in [-0.25, -0.2) is 12.4 Å². The molecule has 1 aromatic heterocycles. The minimum absolute atomic E-state index is 0.200. The summed E-state index contributed by atoms with van der Waals surface area (Å²) in [5.74, 6) is -1.48. The largest absolute Gasteiger partial charge is 0.481 e. The maximum Gasteiger partial charge on any atom is 0.305 e. The number of rotatable bonds is 6. The third kappa shape index (κ3) is 4.37. The normalized spacial score (nSPS) is 18.1. The van der Waals surface area contributed by atoms with E-state index in [4.69, 9.17) is 5.11 Å². The number of amides is 1. The Hall–Kier alpha value is -3.44. The van der Waals surface area contributed by atoms with Crippen LogP contribution in [0.15, 0.2) is 75.9 Å². The van der Waals surface area contributed by atoms with Crippen LogP contribution < -0.4 is 5.32 Å². The van der Waals surface area contributed by atoms with Crippen LogP contribution in [-0.4, -0.2) is 46.0 Å². The Morgan fingerprint density at radius 1 is 1.19 bits per heavy atom. The summed E-state index contributed by atoms with van der Waals surface area (Å²) in [6.07, 6.45) is 2.67. The lowest BCUT2D eigenvalue weighted by Gasteiger charge is -2.07. The summed E-state index contributed by atoms with van der Waals surface area (Å²) >= 11 is 1.01. The van der Waals surface area contributed by atoms with E-state index in [1.54, 1.807) is 54.6 Å². The second-order valence-corrected chi connectivity index (χ2v) is 9.60. The maximum absolute atomic E-state index is 12.9. The van der Waals surface area contributed by atoms with Gasteiger partial charge in [-0.1, -0.05) is 36.0 Å². The van der Waals surface area contributed by atoms with Crippen molar-refractivity contribution < 1.29 is 23.1 Å². The number of thioether (sulfide) groups is 1. The molecule has 0 spiro atoms. The van der Waals surface area contributed by atoms with E-state index in [0.29, 0.717) is 16.5 Å². The molecule has 1 unspecified atom stereocenters. The van der Waals surface area contributed by atoms with Gasteiger partial charge in [-0.15, -0.1) is 5.10 Å². The van der Waals surface area contributed by atoms with Crippen molar-refractivity contribution in [1.29, 1.82) is 0 Å². The van der Waals surface area contributed by atoms with Gasteiger partial charge in [0.05, 0.1) is 23.0 Å². The van der Waals surface area contributed by atoms with Crippen LogP contribution in [0.1, 0.15) is 12.0 Å². The zero-order valence-corrected chi connectivity index (χ0v) is 17.5. The minimum atomic E-state index is -3.71. The van der Waals surface area contributed by atoms with E-state index in [2.05, 4.69) is 15.5 Å². The summed E-state index contributed by atoms with van der Waals surface area (Å²) in [5.41, 5.74) is 1.21. The zero-order valence-electron chi connectivity index (χ0n) is 15.9. The van der Waals surface area contributed by atoms with Crippen molar-refractivity contribution in [3.05, 3.63) is 66.4 Å². The molecule has 4 rings (SSSR count). The van der Waals surface area contributed by atoms with Crippen molar-refractivity contribution in [1.82, 2.24) is 9.29 Å². The van der Waals surface area contributed by atoms with E-state index in [0.717, 1.165) is 11.8 Å². The van der Waals surface area contributed by atoms with Gasteiger partial charge in [0.2, 0.25) is 5.91 Å². The van der Waals surface area contributed by atoms with Crippen molar-refractivity contribution in [3.8, 4) is 0 Å². The van der Waals surface area contributed by atoms with Crippen LogP contribution in [0.3, 0.4) is 0 Å². The SMILES string of the molecule is O=C(O)CC1SC(=NN=Cc2ccc3c(ccn3S(=O)(=O)c3ccccc3)c2)NC1=O. The molecule has 2 aromatic carbocycles. The molecule has 1 aliphatic heterocycles. The van der Waals surface area contributed by atoms with Gasteiger partial charge < -0.3 is 10.4 Å². The predicted molar refractivity (Wildman–Crippen MR) is 118 cm³/mol. The van der Waals surface area contributed by atoms with Crippen LogP contribution in [0, 0.1) is 0 Å². The summed E-state index contributed by atoms with van der Waals surface area (Å²) in [5, 5.41) is 19.4. The highest BCUT2D eigenvalue weighted by Crippen LogP contribution is 2.24. The maximum atomic E-state index is 12.9. The molecule has 1 aliphatic rings. The number of aliphatic carboxylic acids is 1. The van der Waals surface area contributed by atoms with Gasteiger partial charge in [0.15, 0.2) is 5.17 Å². The van der Waals surface area contributed by atoms with E-state index >= 15 is 0 Å². The van der Waals surface area contributed by atoms with Gasteiger partial charge in [-0.3, -0.25) is 9.59 Å². The first-order chi connectivity index (χ1) is 14.8. The van der Waals surface area contributed by atoms with E-state index < -0.39 is 27.1 Å². The third-order valence-corrected chi connectivity index (χ3v) is 7.25. The first kappa shape index (κ1) is 20.8. The molecule has 0 bridgehead atoms. The molecule has 2 heterocycles. The molecule has 0 aliphatic carbocycles. The first-order valence-corrected chi connectivity index (χ1v) is 11.4. The van der Waals surface area contributed by atoms with Gasteiger partial charge in [-0.2, -0.15) is 5.10 Å².